The number of hydrogen-bond acceptors (Lipinski definition) is 8. The van der Waals surface area contributed by atoms with Crippen molar-refractivity contribution in [1.29, 1.82) is 0 Å². The molecule has 0 saturated carbocycles. The monoisotopic (exact) mass is 452 g/mol. The Morgan fingerprint density at radius 3 is 2.27 bits per heavy atom. The van der Waals surface area contributed by atoms with E-state index < -0.39 is 46.8 Å². The van der Waals surface area contributed by atoms with Crippen LogP contribution in [0.5, 0.6) is 11.5 Å². The number of fused-ring (bicyclic) bond motifs is 3. The molecule has 172 valence electrons. The van der Waals surface area contributed by atoms with Crippen LogP contribution in [-0.2, 0) is 20.7 Å². The summed E-state index contributed by atoms with van der Waals surface area (Å²) in [5, 5.41) is 33.5. The minimum absolute atomic E-state index is 0.0246. The van der Waals surface area contributed by atoms with Gasteiger partial charge in [-0.2, -0.15) is 0 Å². The van der Waals surface area contributed by atoms with E-state index in [0.717, 1.165) is 12.8 Å². The normalized spacial score (nSPS) is 26.4. The molecular formula is C25H24O8. The second-order valence-electron chi connectivity index (χ2n) is 8.93. The molecule has 0 bridgehead atoms. The number of rotatable bonds is 3. The minimum atomic E-state index is -1.87. The maximum absolute atomic E-state index is 13.3. The predicted octanol–water partition coefficient (Wildman–Crippen LogP) is 2.72. The summed E-state index contributed by atoms with van der Waals surface area (Å²) in [6, 6.07) is 6.19. The molecule has 1 heterocycles. The molecule has 2 aromatic carbocycles. The molecule has 1 unspecified atom stereocenters. The van der Waals surface area contributed by atoms with Gasteiger partial charge in [0, 0.05) is 41.7 Å². The van der Waals surface area contributed by atoms with Crippen LogP contribution >= 0.6 is 0 Å². The lowest BCUT2D eigenvalue weighted by Gasteiger charge is -2.40. The molecule has 2 aliphatic carbocycles. The van der Waals surface area contributed by atoms with Gasteiger partial charge < -0.3 is 24.8 Å². The molecule has 2 aromatic rings. The number of phenols is 2. The Morgan fingerprint density at radius 1 is 1.06 bits per heavy atom. The van der Waals surface area contributed by atoms with Crippen LogP contribution in [-0.4, -0.2) is 51.2 Å². The molecule has 1 aliphatic heterocycles. The van der Waals surface area contributed by atoms with E-state index in [1.54, 1.807) is 12.1 Å². The third-order valence-corrected chi connectivity index (χ3v) is 6.88. The largest absolute Gasteiger partial charge is 0.507 e. The van der Waals surface area contributed by atoms with Crippen molar-refractivity contribution in [3.8, 4) is 11.5 Å². The van der Waals surface area contributed by atoms with Crippen LogP contribution in [0.15, 0.2) is 24.3 Å². The molecule has 8 heteroatoms. The Morgan fingerprint density at radius 2 is 1.70 bits per heavy atom. The van der Waals surface area contributed by atoms with Gasteiger partial charge in [0.25, 0.3) is 0 Å². The van der Waals surface area contributed by atoms with Gasteiger partial charge in [0.2, 0.25) is 0 Å². The number of ketones is 3. The van der Waals surface area contributed by atoms with Crippen molar-refractivity contribution >= 4 is 17.3 Å². The van der Waals surface area contributed by atoms with Gasteiger partial charge in [-0.15, -0.1) is 0 Å². The number of Topliss-reactive ketones (excluding diaryl/α,β-unsaturated/α-hetero) is 1. The lowest BCUT2D eigenvalue weighted by Crippen LogP contribution is -2.45. The average molecular weight is 452 g/mol. The van der Waals surface area contributed by atoms with Crippen molar-refractivity contribution in [3.63, 3.8) is 0 Å². The van der Waals surface area contributed by atoms with E-state index in [0.29, 0.717) is 13.0 Å². The summed E-state index contributed by atoms with van der Waals surface area (Å²) in [6.45, 7) is 1.73. The molecule has 1 saturated heterocycles. The van der Waals surface area contributed by atoms with Gasteiger partial charge in [-0.05, 0) is 26.2 Å². The fourth-order valence-electron chi connectivity index (χ4n) is 5.07. The average Bonchev–Trinajstić information content (AvgIpc) is 2.80. The molecule has 3 N–H and O–H groups in total. The topological polar surface area (TPSA) is 130 Å². The zero-order chi connectivity index (χ0) is 23.5. The highest BCUT2D eigenvalue weighted by Crippen LogP contribution is 2.51. The summed E-state index contributed by atoms with van der Waals surface area (Å²) in [4.78, 5) is 38.8. The summed E-state index contributed by atoms with van der Waals surface area (Å²) in [7, 11) is 0. The Labute approximate surface area is 189 Å². The van der Waals surface area contributed by atoms with Crippen molar-refractivity contribution in [3.05, 3.63) is 57.6 Å². The number of carbonyl (C=O) groups excluding carboxylic acids is 3. The molecule has 3 aliphatic rings. The first kappa shape index (κ1) is 21.8. The van der Waals surface area contributed by atoms with E-state index >= 15 is 0 Å². The standard InChI is InChI=1S/C25H24O8/c1-12(26)25(31)10-15-18(16(11-25)33-17-8-4-5-9-32-17)24(30)20-19(23(15)29)21(27)13-6-2-3-7-14(13)22(20)28/h2-3,6-7,16-17,29-31H,4-5,8-11H2,1H3/t16?,17-,25-/m0/s1. The van der Waals surface area contributed by atoms with Crippen molar-refractivity contribution in [2.45, 2.75) is 57.0 Å². The Hall–Kier alpha value is -3.07. The van der Waals surface area contributed by atoms with E-state index in [1.165, 1.54) is 19.1 Å². The molecule has 0 aromatic heterocycles. The summed E-state index contributed by atoms with van der Waals surface area (Å²) < 4.78 is 11.7. The summed E-state index contributed by atoms with van der Waals surface area (Å²) in [5.74, 6) is -2.73. The molecule has 3 atom stereocenters. The smallest absolute Gasteiger partial charge is 0.198 e. The van der Waals surface area contributed by atoms with Crippen molar-refractivity contribution < 1.29 is 39.2 Å². The van der Waals surface area contributed by atoms with Crippen LogP contribution in [0.4, 0.5) is 0 Å². The first-order valence-electron chi connectivity index (χ1n) is 11.0. The SMILES string of the molecule is CC(=O)[C@]1(O)Cc2c(O)c3c(c(O)c2C(O[C@H]2CCCCO2)C1)C(=O)c1ccccc1C3=O. The highest BCUT2D eigenvalue weighted by molar-refractivity contribution is 6.30. The lowest BCUT2D eigenvalue weighted by atomic mass is 9.72. The molecule has 0 amide bonds. The summed E-state index contributed by atoms with van der Waals surface area (Å²) >= 11 is 0. The molecule has 5 rings (SSSR count). The van der Waals surface area contributed by atoms with Gasteiger partial charge in [-0.25, -0.2) is 0 Å². The quantitative estimate of drug-likeness (QED) is 0.517. The highest BCUT2D eigenvalue weighted by atomic mass is 16.7. The molecule has 0 radical (unpaired) electrons. The number of carbonyl (C=O) groups is 3. The Balaban J connectivity index is 1.71. The third-order valence-electron chi connectivity index (χ3n) is 6.88. The number of hydrogen-bond donors (Lipinski definition) is 3. The van der Waals surface area contributed by atoms with Crippen LogP contribution in [0.25, 0.3) is 0 Å². The van der Waals surface area contributed by atoms with E-state index in [9.17, 15) is 29.7 Å². The molecule has 0 spiro atoms. The second-order valence-corrected chi connectivity index (χ2v) is 8.93. The zero-order valence-corrected chi connectivity index (χ0v) is 18.1. The van der Waals surface area contributed by atoms with Crippen LogP contribution in [0.2, 0.25) is 0 Å². The van der Waals surface area contributed by atoms with E-state index in [2.05, 4.69) is 0 Å². The van der Waals surface area contributed by atoms with Gasteiger partial charge in [0.05, 0.1) is 17.2 Å². The Kier molecular flexibility index (Phi) is 5.12. The number of phenolic OH excluding ortho intramolecular Hbond substituents is 2. The van der Waals surface area contributed by atoms with Crippen molar-refractivity contribution in [1.82, 2.24) is 0 Å². The number of ether oxygens (including phenoxy) is 2. The van der Waals surface area contributed by atoms with Gasteiger partial charge >= 0.3 is 0 Å². The van der Waals surface area contributed by atoms with Crippen molar-refractivity contribution in [2.75, 3.05) is 6.61 Å². The van der Waals surface area contributed by atoms with Crippen LogP contribution in [0, 0.1) is 0 Å². The Bertz CT molecular complexity index is 1190. The number of aliphatic hydroxyl groups is 1. The fraction of sp³-hybridized carbons (Fsp3) is 0.400. The first-order chi connectivity index (χ1) is 15.7. The molecular weight excluding hydrogens is 428 g/mol. The third kappa shape index (κ3) is 3.28. The van der Waals surface area contributed by atoms with E-state index in [1.807, 2.05) is 0 Å². The zero-order valence-electron chi connectivity index (χ0n) is 18.1. The predicted molar refractivity (Wildman–Crippen MR) is 114 cm³/mol. The minimum Gasteiger partial charge on any atom is -0.507 e. The fourth-order valence-corrected chi connectivity index (χ4v) is 5.07. The molecule has 33 heavy (non-hydrogen) atoms. The van der Waals surface area contributed by atoms with E-state index in [-0.39, 0.29) is 46.2 Å². The molecule has 8 nitrogen and oxygen atoms in total. The number of aromatic hydroxyl groups is 2. The maximum Gasteiger partial charge on any atom is 0.198 e. The number of benzene rings is 2. The van der Waals surface area contributed by atoms with Crippen LogP contribution in [0.1, 0.15) is 81.7 Å². The lowest BCUT2D eigenvalue weighted by molar-refractivity contribution is -0.203. The van der Waals surface area contributed by atoms with Gasteiger partial charge in [0.15, 0.2) is 23.6 Å². The summed E-state index contributed by atoms with van der Waals surface area (Å²) in [5.41, 5.74) is -2.11. The van der Waals surface area contributed by atoms with Crippen molar-refractivity contribution in [2.24, 2.45) is 0 Å². The van der Waals surface area contributed by atoms with Gasteiger partial charge in [0.1, 0.15) is 17.1 Å². The first-order valence-corrected chi connectivity index (χ1v) is 11.0. The van der Waals surface area contributed by atoms with E-state index in [4.69, 9.17) is 9.47 Å². The maximum atomic E-state index is 13.3. The second kappa shape index (κ2) is 7.76. The van der Waals surface area contributed by atoms with Gasteiger partial charge in [-0.1, -0.05) is 24.3 Å². The van der Waals surface area contributed by atoms with Crippen LogP contribution in [0.3, 0.4) is 0 Å². The summed E-state index contributed by atoms with van der Waals surface area (Å²) in [6.07, 6.45) is 0.190. The van der Waals surface area contributed by atoms with Crippen LogP contribution < -0.4 is 0 Å². The highest BCUT2D eigenvalue weighted by Gasteiger charge is 2.48. The van der Waals surface area contributed by atoms with Gasteiger partial charge in [-0.3, -0.25) is 14.4 Å². The molecule has 1 fully saturated rings.